The van der Waals surface area contributed by atoms with Crippen molar-refractivity contribution in [3.05, 3.63) is 35.4 Å². The Morgan fingerprint density at radius 2 is 2.00 bits per heavy atom. The summed E-state index contributed by atoms with van der Waals surface area (Å²) in [6.45, 7) is 3.80. The van der Waals surface area contributed by atoms with Gasteiger partial charge in [0.25, 0.3) is 0 Å². The topological polar surface area (TPSA) is 86.7 Å². The van der Waals surface area contributed by atoms with Crippen molar-refractivity contribution in [3.63, 3.8) is 0 Å². The van der Waals surface area contributed by atoms with Gasteiger partial charge in [0.05, 0.1) is 11.8 Å². The summed E-state index contributed by atoms with van der Waals surface area (Å²) in [5.41, 5.74) is 1.01. The van der Waals surface area contributed by atoms with Crippen LogP contribution in [0.2, 0.25) is 0 Å². The van der Waals surface area contributed by atoms with Crippen molar-refractivity contribution < 1.29 is 18.3 Å². The number of rotatable bonds is 9. The van der Waals surface area contributed by atoms with Crippen molar-refractivity contribution in [2.75, 3.05) is 25.9 Å². The third-order valence-corrected chi connectivity index (χ3v) is 4.52. The molecule has 1 aromatic rings. The lowest BCUT2D eigenvalue weighted by molar-refractivity contribution is 0.0695. The molecule has 0 amide bonds. The molecular formula is C14H22N2O4S. The minimum atomic E-state index is -3.14. The van der Waals surface area contributed by atoms with Crippen LogP contribution in [0.1, 0.15) is 29.3 Å². The van der Waals surface area contributed by atoms with Crippen LogP contribution in [-0.4, -0.2) is 49.7 Å². The molecule has 0 fully saturated rings. The summed E-state index contributed by atoms with van der Waals surface area (Å²) in [4.78, 5) is 11.0. The highest BCUT2D eigenvalue weighted by atomic mass is 32.2. The van der Waals surface area contributed by atoms with Crippen LogP contribution in [0.25, 0.3) is 0 Å². The Hall–Kier alpha value is -1.44. The van der Waals surface area contributed by atoms with Gasteiger partial charge in [-0.1, -0.05) is 25.1 Å². The van der Waals surface area contributed by atoms with Gasteiger partial charge in [-0.05, 0) is 24.6 Å². The van der Waals surface area contributed by atoms with Gasteiger partial charge in [0.15, 0.2) is 0 Å². The molecule has 21 heavy (non-hydrogen) atoms. The Bertz CT molecular complexity index is 572. The Labute approximate surface area is 125 Å². The highest BCUT2D eigenvalue weighted by molar-refractivity contribution is 7.88. The predicted molar refractivity (Wildman–Crippen MR) is 81.8 cm³/mol. The molecule has 0 radical (unpaired) electrons. The van der Waals surface area contributed by atoms with Gasteiger partial charge in [-0.15, -0.1) is 0 Å². The van der Waals surface area contributed by atoms with Crippen LogP contribution in [0.3, 0.4) is 0 Å². The number of aromatic carboxylic acids is 1. The van der Waals surface area contributed by atoms with Crippen molar-refractivity contribution in [1.82, 2.24) is 9.62 Å². The predicted octanol–water partition coefficient (Wildman–Crippen LogP) is 1.15. The second kappa shape index (κ2) is 8.11. The number of carboxylic acid groups (broad SMARTS) is 1. The van der Waals surface area contributed by atoms with Gasteiger partial charge in [-0.2, -0.15) is 0 Å². The number of nitrogens with zero attached hydrogens (tertiary/aromatic N) is 1. The number of nitrogens with one attached hydrogen (secondary N) is 1. The summed E-state index contributed by atoms with van der Waals surface area (Å²) < 4.78 is 24.2. The van der Waals surface area contributed by atoms with Gasteiger partial charge < -0.3 is 10.4 Å². The summed E-state index contributed by atoms with van der Waals surface area (Å²) in [5, 5.41) is 12.2. The maximum atomic E-state index is 11.4. The lowest BCUT2D eigenvalue weighted by atomic mass is 10.1. The quantitative estimate of drug-likeness (QED) is 0.668. The molecule has 0 saturated carbocycles. The van der Waals surface area contributed by atoms with E-state index in [4.69, 9.17) is 5.11 Å². The van der Waals surface area contributed by atoms with Crippen LogP contribution in [0.15, 0.2) is 24.3 Å². The van der Waals surface area contributed by atoms with E-state index >= 15 is 0 Å². The zero-order valence-electron chi connectivity index (χ0n) is 12.4. The molecule has 0 aliphatic heterocycles. The van der Waals surface area contributed by atoms with Crippen molar-refractivity contribution >= 4 is 16.0 Å². The zero-order chi connectivity index (χ0) is 15.9. The largest absolute Gasteiger partial charge is 0.478 e. The van der Waals surface area contributed by atoms with Crippen molar-refractivity contribution in [2.24, 2.45) is 0 Å². The number of benzene rings is 1. The van der Waals surface area contributed by atoms with Gasteiger partial charge in [0, 0.05) is 19.6 Å². The van der Waals surface area contributed by atoms with E-state index in [0.717, 1.165) is 5.56 Å². The summed E-state index contributed by atoms with van der Waals surface area (Å²) in [6, 6.07) is 6.83. The van der Waals surface area contributed by atoms with Crippen LogP contribution in [-0.2, 0) is 16.6 Å². The first-order chi connectivity index (χ1) is 9.86. The van der Waals surface area contributed by atoms with Gasteiger partial charge >= 0.3 is 5.97 Å². The summed E-state index contributed by atoms with van der Waals surface area (Å²) in [7, 11) is -3.14. The average molecular weight is 314 g/mol. The van der Waals surface area contributed by atoms with E-state index in [9.17, 15) is 13.2 Å². The molecule has 1 aromatic carbocycles. The summed E-state index contributed by atoms with van der Waals surface area (Å²) in [6.07, 6.45) is 1.88. The van der Waals surface area contributed by atoms with Gasteiger partial charge in [-0.3, -0.25) is 0 Å². The van der Waals surface area contributed by atoms with Crippen molar-refractivity contribution in [1.29, 1.82) is 0 Å². The lowest BCUT2D eigenvalue weighted by Crippen LogP contribution is -2.32. The van der Waals surface area contributed by atoms with Crippen molar-refractivity contribution in [3.8, 4) is 0 Å². The van der Waals surface area contributed by atoms with Crippen LogP contribution in [0.5, 0.6) is 0 Å². The second-order valence-electron chi connectivity index (χ2n) is 4.75. The van der Waals surface area contributed by atoms with Crippen LogP contribution < -0.4 is 5.32 Å². The van der Waals surface area contributed by atoms with E-state index in [1.165, 1.54) is 10.6 Å². The Kier molecular flexibility index (Phi) is 6.80. The fourth-order valence-electron chi connectivity index (χ4n) is 2.05. The zero-order valence-corrected chi connectivity index (χ0v) is 13.2. The van der Waals surface area contributed by atoms with E-state index < -0.39 is 16.0 Å². The van der Waals surface area contributed by atoms with E-state index in [0.29, 0.717) is 32.6 Å². The first kappa shape index (κ1) is 17.6. The number of hydrogen-bond acceptors (Lipinski definition) is 4. The fourth-order valence-corrected chi connectivity index (χ4v) is 2.97. The average Bonchev–Trinajstić information content (AvgIpc) is 2.41. The Morgan fingerprint density at radius 1 is 1.33 bits per heavy atom. The van der Waals surface area contributed by atoms with Crippen LogP contribution >= 0.6 is 0 Å². The molecular weight excluding hydrogens is 292 g/mol. The fraction of sp³-hybridized carbons (Fsp3) is 0.500. The van der Waals surface area contributed by atoms with E-state index in [-0.39, 0.29) is 5.56 Å². The molecule has 0 spiro atoms. The standard InChI is InChI=1S/C14H22N2O4S/c1-3-16(21(2,19)20)10-6-9-15-11-12-7-4-5-8-13(12)14(17)18/h4-5,7-8,15H,3,6,9-11H2,1-2H3,(H,17,18). The maximum Gasteiger partial charge on any atom is 0.336 e. The van der Waals surface area contributed by atoms with E-state index in [2.05, 4.69) is 5.32 Å². The minimum Gasteiger partial charge on any atom is -0.478 e. The number of sulfonamides is 1. The molecule has 0 aromatic heterocycles. The Balaban J connectivity index is 2.40. The third kappa shape index (κ3) is 5.82. The first-order valence-corrected chi connectivity index (χ1v) is 8.68. The minimum absolute atomic E-state index is 0.288. The second-order valence-corrected chi connectivity index (χ2v) is 6.73. The molecule has 2 N–H and O–H groups in total. The molecule has 0 atom stereocenters. The first-order valence-electron chi connectivity index (χ1n) is 6.83. The molecule has 6 nitrogen and oxygen atoms in total. The maximum absolute atomic E-state index is 11.4. The summed E-state index contributed by atoms with van der Waals surface area (Å²) in [5.74, 6) is -0.943. The normalized spacial score (nSPS) is 11.8. The molecule has 7 heteroatoms. The van der Waals surface area contributed by atoms with E-state index in [1.807, 2.05) is 0 Å². The van der Waals surface area contributed by atoms with Gasteiger partial charge in [0.2, 0.25) is 10.0 Å². The summed E-state index contributed by atoms with van der Waals surface area (Å²) >= 11 is 0. The third-order valence-electron chi connectivity index (χ3n) is 3.15. The molecule has 0 unspecified atom stereocenters. The molecule has 118 valence electrons. The van der Waals surface area contributed by atoms with Crippen LogP contribution in [0.4, 0.5) is 0 Å². The molecule has 1 rings (SSSR count). The number of hydrogen-bond donors (Lipinski definition) is 2. The smallest absolute Gasteiger partial charge is 0.336 e. The molecule has 0 saturated heterocycles. The molecule has 0 bridgehead atoms. The van der Waals surface area contributed by atoms with E-state index in [1.54, 1.807) is 31.2 Å². The van der Waals surface area contributed by atoms with Crippen LogP contribution in [0, 0.1) is 0 Å². The number of carbonyl (C=O) groups is 1. The van der Waals surface area contributed by atoms with Gasteiger partial charge in [-0.25, -0.2) is 17.5 Å². The lowest BCUT2D eigenvalue weighted by Gasteiger charge is -2.17. The van der Waals surface area contributed by atoms with Crippen molar-refractivity contribution in [2.45, 2.75) is 19.9 Å². The van der Waals surface area contributed by atoms with Gasteiger partial charge in [0.1, 0.15) is 0 Å². The highest BCUT2D eigenvalue weighted by Crippen LogP contribution is 2.08. The molecule has 0 aliphatic carbocycles. The monoisotopic (exact) mass is 314 g/mol. The molecule has 0 aliphatic rings. The molecule has 0 heterocycles. The SMILES string of the molecule is CCN(CCCNCc1ccccc1C(=O)O)S(C)(=O)=O. The highest BCUT2D eigenvalue weighted by Gasteiger charge is 2.13. The number of carboxylic acids is 1. The Morgan fingerprint density at radius 3 is 2.57 bits per heavy atom.